The van der Waals surface area contributed by atoms with Gasteiger partial charge in [0.1, 0.15) is 5.82 Å². The summed E-state index contributed by atoms with van der Waals surface area (Å²) in [4.78, 5) is 19.1. The smallest absolute Gasteiger partial charge is 0.314 e. The van der Waals surface area contributed by atoms with Crippen LogP contribution in [0.1, 0.15) is 44.0 Å². The highest BCUT2D eigenvalue weighted by Gasteiger charge is 2.51. The lowest BCUT2D eigenvalue weighted by molar-refractivity contribution is -0.140. The van der Waals surface area contributed by atoms with Gasteiger partial charge < -0.3 is 10.1 Å². The van der Waals surface area contributed by atoms with Crippen molar-refractivity contribution in [1.82, 2.24) is 9.97 Å². The van der Waals surface area contributed by atoms with Gasteiger partial charge in [-0.3, -0.25) is 4.79 Å². The van der Waals surface area contributed by atoms with Gasteiger partial charge in [-0.1, -0.05) is 19.9 Å². The number of hydrogen-bond donors (Lipinski definition) is 2. The molecule has 0 radical (unpaired) electrons. The number of fused-ring (bicyclic) bond motifs is 1. The molecule has 2 N–H and O–H groups in total. The van der Waals surface area contributed by atoms with E-state index in [0.29, 0.717) is 5.92 Å². The number of aromatic nitrogens is 2. The van der Waals surface area contributed by atoms with Crippen molar-refractivity contribution in [3.63, 3.8) is 0 Å². The van der Waals surface area contributed by atoms with Crippen molar-refractivity contribution < 1.29 is 9.90 Å². The Morgan fingerprint density at radius 3 is 2.72 bits per heavy atom. The Labute approximate surface area is 105 Å². The Bertz CT molecular complexity index is 624. The van der Waals surface area contributed by atoms with E-state index in [1.165, 1.54) is 0 Å². The van der Waals surface area contributed by atoms with Gasteiger partial charge in [-0.25, -0.2) is 4.98 Å². The van der Waals surface area contributed by atoms with E-state index >= 15 is 0 Å². The first-order valence-electron chi connectivity index (χ1n) is 6.26. The number of aliphatic carboxylic acids is 1. The van der Waals surface area contributed by atoms with Crippen LogP contribution in [0.2, 0.25) is 0 Å². The van der Waals surface area contributed by atoms with Crippen LogP contribution in [-0.2, 0) is 10.2 Å². The quantitative estimate of drug-likeness (QED) is 0.872. The zero-order valence-corrected chi connectivity index (χ0v) is 10.5. The third-order valence-electron chi connectivity index (χ3n) is 3.76. The number of hydrogen-bond acceptors (Lipinski definition) is 2. The van der Waals surface area contributed by atoms with Gasteiger partial charge in [0.15, 0.2) is 0 Å². The van der Waals surface area contributed by atoms with Crippen molar-refractivity contribution in [2.75, 3.05) is 0 Å². The summed E-state index contributed by atoms with van der Waals surface area (Å²) in [7, 11) is 0. The molecule has 1 aromatic carbocycles. The predicted molar refractivity (Wildman–Crippen MR) is 68.7 cm³/mol. The fourth-order valence-corrected chi connectivity index (χ4v) is 2.35. The number of aromatic amines is 1. The summed E-state index contributed by atoms with van der Waals surface area (Å²) in [5.74, 6) is 0.572. The number of benzene rings is 1. The maximum Gasteiger partial charge on any atom is 0.314 e. The molecule has 0 atom stereocenters. The molecule has 4 heteroatoms. The fourth-order valence-electron chi connectivity index (χ4n) is 2.35. The van der Waals surface area contributed by atoms with Crippen molar-refractivity contribution in [1.29, 1.82) is 0 Å². The van der Waals surface area contributed by atoms with Crippen molar-refractivity contribution in [3.05, 3.63) is 29.6 Å². The number of nitrogens with one attached hydrogen (secondary N) is 1. The summed E-state index contributed by atoms with van der Waals surface area (Å²) in [5, 5.41) is 9.30. The zero-order valence-electron chi connectivity index (χ0n) is 10.5. The lowest BCUT2D eigenvalue weighted by Crippen LogP contribution is -2.19. The van der Waals surface area contributed by atoms with E-state index in [1.807, 2.05) is 18.2 Å². The molecule has 0 spiro atoms. The van der Waals surface area contributed by atoms with Gasteiger partial charge in [-0.2, -0.15) is 0 Å². The van der Waals surface area contributed by atoms with Gasteiger partial charge in [-0.15, -0.1) is 0 Å². The maximum absolute atomic E-state index is 11.3. The number of imidazole rings is 1. The highest BCUT2D eigenvalue weighted by Crippen LogP contribution is 2.48. The van der Waals surface area contributed by atoms with Gasteiger partial charge in [-0.05, 0) is 30.5 Å². The Balaban J connectivity index is 2.09. The summed E-state index contributed by atoms with van der Waals surface area (Å²) >= 11 is 0. The van der Waals surface area contributed by atoms with E-state index in [1.54, 1.807) is 0 Å². The first-order valence-corrected chi connectivity index (χ1v) is 6.26. The molecule has 3 rings (SSSR count). The second kappa shape index (κ2) is 3.57. The topological polar surface area (TPSA) is 66.0 Å². The monoisotopic (exact) mass is 244 g/mol. The first kappa shape index (κ1) is 11.3. The zero-order chi connectivity index (χ0) is 12.9. The van der Waals surface area contributed by atoms with Crippen molar-refractivity contribution in [2.24, 2.45) is 0 Å². The molecule has 4 nitrogen and oxygen atoms in total. The second-order valence-corrected chi connectivity index (χ2v) is 5.40. The van der Waals surface area contributed by atoms with E-state index in [9.17, 15) is 9.90 Å². The number of carbonyl (C=O) groups is 1. The third-order valence-corrected chi connectivity index (χ3v) is 3.76. The van der Waals surface area contributed by atoms with Gasteiger partial charge in [0.25, 0.3) is 0 Å². The molecule has 1 heterocycles. The number of H-pyrrole nitrogens is 1. The molecule has 0 saturated heterocycles. The molecule has 1 aromatic heterocycles. The second-order valence-electron chi connectivity index (χ2n) is 5.40. The van der Waals surface area contributed by atoms with Gasteiger partial charge in [0.2, 0.25) is 0 Å². The number of carboxylic acid groups (broad SMARTS) is 1. The van der Waals surface area contributed by atoms with Crippen LogP contribution in [0.5, 0.6) is 0 Å². The van der Waals surface area contributed by atoms with Crippen LogP contribution in [0.25, 0.3) is 11.0 Å². The molecule has 0 bridgehead atoms. The van der Waals surface area contributed by atoms with Crippen LogP contribution in [0.15, 0.2) is 18.2 Å². The molecule has 2 aromatic rings. The minimum absolute atomic E-state index is 0.343. The standard InChI is InChI=1S/C14H16N2O2/c1-8(2)12-15-10-4-3-9(7-11(10)16-12)14(5-6-14)13(17)18/h3-4,7-8H,5-6H2,1-2H3,(H,15,16)(H,17,18). The average Bonchev–Trinajstić information content (AvgIpc) is 3.02. The minimum Gasteiger partial charge on any atom is -0.481 e. The van der Waals surface area contributed by atoms with E-state index in [2.05, 4.69) is 23.8 Å². The average molecular weight is 244 g/mol. The van der Waals surface area contributed by atoms with E-state index in [0.717, 1.165) is 35.3 Å². The summed E-state index contributed by atoms with van der Waals surface area (Å²) in [6.07, 6.45) is 1.47. The molecule has 0 aliphatic heterocycles. The molecule has 1 aliphatic rings. The maximum atomic E-state index is 11.3. The van der Waals surface area contributed by atoms with Crippen LogP contribution in [-0.4, -0.2) is 21.0 Å². The van der Waals surface area contributed by atoms with E-state index < -0.39 is 11.4 Å². The predicted octanol–water partition coefficient (Wildman–Crippen LogP) is 2.80. The normalized spacial score (nSPS) is 17.3. The highest BCUT2D eigenvalue weighted by atomic mass is 16.4. The lowest BCUT2D eigenvalue weighted by Gasteiger charge is -2.09. The molecule has 0 amide bonds. The van der Waals surface area contributed by atoms with Crippen LogP contribution in [0.3, 0.4) is 0 Å². The Morgan fingerprint density at radius 2 is 2.17 bits per heavy atom. The number of carboxylic acids is 1. The van der Waals surface area contributed by atoms with Gasteiger partial charge in [0, 0.05) is 5.92 Å². The molecule has 18 heavy (non-hydrogen) atoms. The van der Waals surface area contributed by atoms with E-state index in [4.69, 9.17) is 0 Å². The van der Waals surface area contributed by atoms with E-state index in [-0.39, 0.29) is 0 Å². The molecular formula is C14H16N2O2. The van der Waals surface area contributed by atoms with Gasteiger partial charge in [0.05, 0.1) is 16.4 Å². The largest absolute Gasteiger partial charge is 0.481 e. The van der Waals surface area contributed by atoms with Crippen molar-refractivity contribution in [3.8, 4) is 0 Å². The molecule has 1 saturated carbocycles. The Hall–Kier alpha value is -1.84. The fraction of sp³-hybridized carbons (Fsp3) is 0.429. The highest BCUT2D eigenvalue weighted by molar-refractivity contribution is 5.87. The van der Waals surface area contributed by atoms with Crippen LogP contribution in [0, 0.1) is 0 Å². The molecule has 0 unspecified atom stereocenters. The van der Waals surface area contributed by atoms with Crippen LogP contribution >= 0.6 is 0 Å². The Kier molecular flexibility index (Phi) is 2.24. The van der Waals surface area contributed by atoms with Crippen molar-refractivity contribution in [2.45, 2.75) is 38.0 Å². The summed E-state index contributed by atoms with van der Waals surface area (Å²) in [6.45, 7) is 4.16. The molecule has 1 fully saturated rings. The molecule has 1 aliphatic carbocycles. The number of rotatable bonds is 3. The minimum atomic E-state index is -0.717. The summed E-state index contributed by atoms with van der Waals surface area (Å²) < 4.78 is 0. The molecular weight excluding hydrogens is 228 g/mol. The number of nitrogens with zero attached hydrogens (tertiary/aromatic N) is 1. The first-order chi connectivity index (χ1) is 8.53. The van der Waals surface area contributed by atoms with Crippen LogP contribution < -0.4 is 0 Å². The Morgan fingerprint density at radius 1 is 1.44 bits per heavy atom. The van der Waals surface area contributed by atoms with Crippen LogP contribution in [0.4, 0.5) is 0 Å². The lowest BCUT2D eigenvalue weighted by atomic mass is 9.96. The van der Waals surface area contributed by atoms with Gasteiger partial charge >= 0.3 is 5.97 Å². The van der Waals surface area contributed by atoms with Crippen molar-refractivity contribution >= 4 is 17.0 Å². The SMILES string of the molecule is CC(C)c1nc2ccc(C3(C(=O)O)CC3)cc2[nH]1. The summed E-state index contributed by atoms with van der Waals surface area (Å²) in [6, 6.07) is 5.75. The third kappa shape index (κ3) is 1.52. The summed E-state index contributed by atoms with van der Waals surface area (Å²) in [5.41, 5.74) is 2.09. The molecule has 94 valence electrons.